The molecule has 2 aromatic rings. The highest BCUT2D eigenvalue weighted by Gasteiger charge is 2.27. The molecule has 2 aliphatic heterocycles. The van der Waals surface area contributed by atoms with E-state index in [2.05, 4.69) is 24.8 Å². The van der Waals surface area contributed by atoms with Crippen molar-refractivity contribution in [3.63, 3.8) is 0 Å². The Morgan fingerprint density at radius 3 is 2.96 bits per heavy atom. The highest BCUT2D eigenvalue weighted by atomic mass is 32.1. The summed E-state index contributed by atoms with van der Waals surface area (Å²) in [6.45, 7) is 5.89. The molecule has 0 bridgehead atoms. The number of hydrogen-bond acceptors (Lipinski definition) is 6. The molecule has 0 aliphatic carbocycles. The van der Waals surface area contributed by atoms with Crippen LogP contribution < -0.4 is 0 Å². The average Bonchev–Trinajstić information content (AvgIpc) is 3.35. The van der Waals surface area contributed by atoms with Gasteiger partial charge in [0.15, 0.2) is 0 Å². The Bertz CT molecular complexity index is 711. The molecule has 2 aromatic heterocycles. The van der Waals surface area contributed by atoms with E-state index in [0.29, 0.717) is 38.8 Å². The van der Waals surface area contributed by atoms with E-state index in [1.807, 2.05) is 22.8 Å². The molecule has 0 spiro atoms. The summed E-state index contributed by atoms with van der Waals surface area (Å²) in [4.78, 5) is 25.8. The van der Waals surface area contributed by atoms with Crippen molar-refractivity contribution in [1.82, 2.24) is 24.3 Å². The van der Waals surface area contributed by atoms with Crippen LogP contribution in [-0.4, -0.2) is 76.2 Å². The lowest BCUT2D eigenvalue weighted by molar-refractivity contribution is -0.136. The lowest BCUT2D eigenvalue weighted by atomic mass is 9.97. The third-order valence-corrected chi connectivity index (χ3v) is 5.79. The topological polar surface area (TPSA) is 63.5 Å². The van der Waals surface area contributed by atoms with Crippen molar-refractivity contribution in [2.75, 3.05) is 45.9 Å². The van der Waals surface area contributed by atoms with Crippen LogP contribution in [0.15, 0.2) is 23.3 Å². The standard InChI is InChI=1S/C18H25N5O2S/c24-17(22-6-8-25-9-7-22)12-21-4-1-2-15(10-21)18-19-3-5-23(18)11-16-13-26-14-20-16/h3,5,13-15H,1-2,4,6-12H2. The molecule has 140 valence electrons. The smallest absolute Gasteiger partial charge is 0.236 e. The van der Waals surface area contributed by atoms with Crippen LogP contribution in [0.4, 0.5) is 0 Å². The summed E-state index contributed by atoms with van der Waals surface area (Å²) < 4.78 is 7.54. The first-order chi connectivity index (χ1) is 12.8. The Morgan fingerprint density at radius 2 is 2.15 bits per heavy atom. The van der Waals surface area contributed by atoms with E-state index in [1.54, 1.807) is 11.3 Å². The first-order valence-corrected chi connectivity index (χ1v) is 10.2. The zero-order valence-electron chi connectivity index (χ0n) is 14.9. The second-order valence-corrected chi connectivity index (χ2v) is 7.68. The molecule has 1 unspecified atom stereocenters. The Balaban J connectivity index is 1.38. The van der Waals surface area contributed by atoms with Crippen molar-refractivity contribution in [2.45, 2.75) is 25.3 Å². The van der Waals surface area contributed by atoms with Crippen molar-refractivity contribution >= 4 is 17.2 Å². The van der Waals surface area contributed by atoms with Gasteiger partial charge in [0.05, 0.1) is 37.5 Å². The summed E-state index contributed by atoms with van der Waals surface area (Å²) in [6, 6.07) is 0. The van der Waals surface area contributed by atoms with E-state index in [1.165, 1.54) is 0 Å². The predicted molar refractivity (Wildman–Crippen MR) is 99.3 cm³/mol. The van der Waals surface area contributed by atoms with Crippen molar-refractivity contribution < 1.29 is 9.53 Å². The quantitative estimate of drug-likeness (QED) is 0.791. The maximum atomic E-state index is 12.5. The van der Waals surface area contributed by atoms with Gasteiger partial charge in [-0.25, -0.2) is 9.97 Å². The van der Waals surface area contributed by atoms with Crippen LogP contribution in [0, 0.1) is 0 Å². The minimum absolute atomic E-state index is 0.222. The molecule has 7 nitrogen and oxygen atoms in total. The fourth-order valence-corrected chi connectivity index (χ4v) is 4.37. The zero-order chi connectivity index (χ0) is 17.8. The summed E-state index contributed by atoms with van der Waals surface area (Å²) in [5.41, 5.74) is 2.94. The Labute approximate surface area is 157 Å². The number of hydrogen-bond donors (Lipinski definition) is 0. The third-order valence-electron chi connectivity index (χ3n) is 5.16. The number of aromatic nitrogens is 3. The summed E-state index contributed by atoms with van der Waals surface area (Å²) in [7, 11) is 0. The number of amides is 1. The lowest BCUT2D eigenvalue weighted by Crippen LogP contribution is -2.47. The van der Waals surface area contributed by atoms with Gasteiger partial charge in [0.2, 0.25) is 5.91 Å². The highest BCUT2D eigenvalue weighted by molar-refractivity contribution is 7.07. The van der Waals surface area contributed by atoms with Gasteiger partial charge >= 0.3 is 0 Å². The molecule has 2 fully saturated rings. The number of carbonyl (C=O) groups excluding carboxylic acids is 1. The first kappa shape index (κ1) is 17.6. The summed E-state index contributed by atoms with van der Waals surface area (Å²) in [5, 5.41) is 2.08. The van der Waals surface area contributed by atoms with Gasteiger partial charge < -0.3 is 14.2 Å². The predicted octanol–water partition coefficient (Wildman–Crippen LogP) is 1.43. The van der Waals surface area contributed by atoms with Crippen LogP contribution in [0.25, 0.3) is 0 Å². The van der Waals surface area contributed by atoms with Gasteiger partial charge in [0.1, 0.15) is 5.82 Å². The summed E-state index contributed by atoms with van der Waals surface area (Å²) in [5.74, 6) is 1.70. The van der Waals surface area contributed by atoms with Crippen LogP contribution in [0.5, 0.6) is 0 Å². The summed E-state index contributed by atoms with van der Waals surface area (Å²) >= 11 is 1.62. The number of likely N-dealkylation sites (tertiary alicyclic amines) is 1. The fourth-order valence-electron chi connectivity index (χ4n) is 3.82. The van der Waals surface area contributed by atoms with Gasteiger partial charge in [-0.05, 0) is 19.4 Å². The molecule has 0 saturated carbocycles. The molecule has 2 saturated heterocycles. The second kappa shape index (κ2) is 8.28. The third kappa shape index (κ3) is 4.13. The molecule has 4 heterocycles. The molecule has 2 aliphatic rings. The van der Waals surface area contributed by atoms with Crippen LogP contribution >= 0.6 is 11.3 Å². The van der Waals surface area contributed by atoms with Crippen molar-refractivity contribution in [3.05, 3.63) is 34.8 Å². The van der Waals surface area contributed by atoms with Gasteiger partial charge in [0, 0.05) is 43.3 Å². The Kier molecular flexibility index (Phi) is 5.62. The maximum Gasteiger partial charge on any atom is 0.236 e. The number of carbonyl (C=O) groups is 1. The molecule has 0 N–H and O–H groups in total. The largest absolute Gasteiger partial charge is 0.378 e. The number of imidazole rings is 1. The normalized spacial score (nSPS) is 21.8. The molecule has 0 radical (unpaired) electrons. The molecular formula is C18H25N5O2S. The number of thiazole rings is 1. The molecule has 8 heteroatoms. The van der Waals surface area contributed by atoms with E-state index >= 15 is 0 Å². The maximum absolute atomic E-state index is 12.5. The average molecular weight is 375 g/mol. The van der Waals surface area contributed by atoms with Gasteiger partial charge in [-0.15, -0.1) is 11.3 Å². The number of piperidine rings is 1. The number of rotatable bonds is 5. The minimum Gasteiger partial charge on any atom is -0.378 e. The molecule has 0 aromatic carbocycles. The number of ether oxygens (including phenoxy) is 1. The molecule has 4 rings (SSSR count). The van der Waals surface area contributed by atoms with Gasteiger partial charge in [-0.2, -0.15) is 0 Å². The van der Waals surface area contributed by atoms with Crippen molar-refractivity contribution in [3.8, 4) is 0 Å². The van der Waals surface area contributed by atoms with E-state index in [0.717, 1.165) is 44.0 Å². The molecule has 26 heavy (non-hydrogen) atoms. The molecule has 1 amide bonds. The van der Waals surface area contributed by atoms with Crippen LogP contribution in [0.1, 0.15) is 30.3 Å². The SMILES string of the molecule is O=C(CN1CCCC(c2nccn2Cc2cscn2)C1)N1CCOCC1. The van der Waals surface area contributed by atoms with E-state index in [9.17, 15) is 4.79 Å². The van der Waals surface area contributed by atoms with Gasteiger partial charge in [0.25, 0.3) is 0 Å². The van der Waals surface area contributed by atoms with Crippen LogP contribution in [0.2, 0.25) is 0 Å². The van der Waals surface area contributed by atoms with Gasteiger partial charge in [-0.1, -0.05) is 0 Å². The van der Waals surface area contributed by atoms with Crippen LogP contribution in [-0.2, 0) is 16.1 Å². The molecular weight excluding hydrogens is 350 g/mol. The fraction of sp³-hybridized carbons (Fsp3) is 0.611. The van der Waals surface area contributed by atoms with E-state index < -0.39 is 0 Å². The number of nitrogens with zero attached hydrogens (tertiary/aromatic N) is 5. The minimum atomic E-state index is 0.222. The van der Waals surface area contributed by atoms with Gasteiger partial charge in [-0.3, -0.25) is 9.69 Å². The summed E-state index contributed by atoms with van der Waals surface area (Å²) in [6.07, 6.45) is 6.13. The monoisotopic (exact) mass is 375 g/mol. The Morgan fingerprint density at radius 1 is 1.27 bits per heavy atom. The molecule has 1 atom stereocenters. The zero-order valence-corrected chi connectivity index (χ0v) is 15.7. The van der Waals surface area contributed by atoms with E-state index in [-0.39, 0.29) is 5.91 Å². The second-order valence-electron chi connectivity index (χ2n) is 6.96. The van der Waals surface area contributed by atoms with Crippen LogP contribution in [0.3, 0.4) is 0 Å². The van der Waals surface area contributed by atoms with Crippen molar-refractivity contribution in [1.29, 1.82) is 0 Å². The first-order valence-electron chi connectivity index (χ1n) is 9.25. The highest BCUT2D eigenvalue weighted by Crippen LogP contribution is 2.26. The lowest BCUT2D eigenvalue weighted by Gasteiger charge is -2.34. The number of morpholine rings is 1. The Hall–Kier alpha value is -1.77. The van der Waals surface area contributed by atoms with E-state index in [4.69, 9.17) is 4.74 Å². The van der Waals surface area contributed by atoms with Crippen molar-refractivity contribution in [2.24, 2.45) is 0 Å².